The normalized spacial score (nSPS) is 16.2. The molecule has 1 aliphatic rings. The van der Waals surface area contributed by atoms with Gasteiger partial charge in [0.2, 0.25) is 10.0 Å². The van der Waals surface area contributed by atoms with Crippen molar-refractivity contribution >= 4 is 26.5 Å². The number of benzene rings is 2. The average Bonchev–Trinajstić information content (AvgIpc) is 2.68. The maximum atomic E-state index is 13.0. The molecule has 2 aromatic carbocycles. The Balaban J connectivity index is 1.54. The van der Waals surface area contributed by atoms with Crippen LogP contribution in [0.1, 0.15) is 0 Å². The molecule has 0 aliphatic carbocycles. The molecule has 0 N–H and O–H groups in total. The molecular weight excluding hydrogens is 334 g/mol. The van der Waals surface area contributed by atoms with Crippen LogP contribution in [0.15, 0.2) is 71.9 Å². The molecule has 1 aliphatic heterocycles. The highest BCUT2D eigenvalue weighted by Crippen LogP contribution is 2.24. The van der Waals surface area contributed by atoms with E-state index in [-0.39, 0.29) is 0 Å². The topological polar surface area (TPSA) is 53.5 Å². The molecule has 0 unspecified atom stereocenters. The van der Waals surface area contributed by atoms with Crippen molar-refractivity contribution in [3.05, 3.63) is 67.0 Å². The minimum Gasteiger partial charge on any atom is -0.369 e. The molecule has 128 valence electrons. The Hall–Kier alpha value is -2.44. The maximum absolute atomic E-state index is 13.0. The molecular formula is C19H19N3O2S. The van der Waals surface area contributed by atoms with E-state index in [0.717, 1.165) is 16.5 Å². The summed E-state index contributed by atoms with van der Waals surface area (Å²) in [6.07, 6.45) is 3.51. The summed E-state index contributed by atoms with van der Waals surface area (Å²) in [7, 11) is -3.46. The minimum absolute atomic E-state index is 0.364. The van der Waals surface area contributed by atoms with Crippen molar-refractivity contribution in [2.24, 2.45) is 0 Å². The number of aromatic nitrogens is 1. The highest BCUT2D eigenvalue weighted by molar-refractivity contribution is 7.89. The number of fused-ring (bicyclic) bond motifs is 1. The molecule has 2 heterocycles. The lowest BCUT2D eigenvalue weighted by Crippen LogP contribution is -2.48. The van der Waals surface area contributed by atoms with Crippen LogP contribution in [0.3, 0.4) is 0 Å². The molecule has 0 atom stereocenters. The van der Waals surface area contributed by atoms with Crippen molar-refractivity contribution in [2.45, 2.75) is 4.90 Å². The Morgan fingerprint density at radius 2 is 1.48 bits per heavy atom. The molecule has 6 heteroatoms. The second-order valence-electron chi connectivity index (χ2n) is 6.11. The number of hydrogen-bond acceptors (Lipinski definition) is 4. The first-order valence-electron chi connectivity index (χ1n) is 8.28. The fraction of sp³-hybridized carbons (Fsp3) is 0.211. The van der Waals surface area contributed by atoms with Gasteiger partial charge in [-0.05, 0) is 35.0 Å². The lowest BCUT2D eigenvalue weighted by Gasteiger charge is -2.35. The molecule has 0 radical (unpaired) electrons. The lowest BCUT2D eigenvalue weighted by atomic mass is 10.1. The molecule has 0 saturated carbocycles. The summed E-state index contributed by atoms with van der Waals surface area (Å²) in [5.41, 5.74) is 1.08. The maximum Gasteiger partial charge on any atom is 0.243 e. The average molecular weight is 353 g/mol. The van der Waals surface area contributed by atoms with Crippen LogP contribution in [0.2, 0.25) is 0 Å². The zero-order valence-electron chi connectivity index (χ0n) is 13.7. The van der Waals surface area contributed by atoms with E-state index in [9.17, 15) is 8.42 Å². The van der Waals surface area contributed by atoms with Crippen molar-refractivity contribution in [1.29, 1.82) is 0 Å². The van der Waals surface area contributed by atoms with Gasteiger partial charge in [-0.25, -0.2) is 8.42 Å². The van der Waals surface area contributed by atoms with Crippen molar-refractivity contribution in [3.8, 4) is 0 Å². The molecule has 4 rings (SSSR count). The smallest absolute Gasteiger partial charge is 0.243 e. The van der Waals surface area contributed by atoms with Gasteiger partial charge in [0.25, 0.3) is 0 Å². The van der Waals surface area contributed by atoms with Crippen LogP contribution in [-0.4, -0.2) is 43.9 Å². The number of piperazine rings is 1. The van der Waals surface area contributed by atoms with Crippen LogP contribution in [0.5, 0.6) is 0 Å². The van der Waals surface area contributed by atoms with E-state index in [4.69, 9.17) is 0 Å². The predicted molar refractivity (Wildman–Crippen MR) is 99.2 cm³/mol. The fourth-order valence-corrected chi connectivity index (χ4v) is 4.68. The second kappa shape index (κ2) is 6.46. The van der Waals surface area contributed by atoms with Crippen molar-refractivity contribution < 1.29 is 8.42 Å². The predicted octanol–water partition coefficient (Wildman–Crippen LogP) is 2.75. The largest absolute Gasteiger partial charge is 0.369 e. The van der Waals surface area contributed by atoms with Crippen LogP contribution in [0, 0.1) is 0 Å². The zero-order valence-corrected chi connectivity index (χ0v) is 14.6. The fourth-order valence-electron chi connectivity index (χ4n) is 3.22. The Labute approximate surface area is 147 Å². The van der Waals surface area contributed by atoms with Gasteiger partial charge < -0.3 is 4.90 Å². The quantitative estimate of drug-likeness (QED) is 0.727. The summed E-state index contributed by atoms with van der Waals surface area (Å²) < 4.78 is 27.5. The van der Waals surface area contributed by atoms with Crippen LogP contribution in [-0.2, 0) is 10.0 Å². The van der Waals surface area contributed by atoms with Gasteiger partial charge in [-0.3, -0.25) is 4.98 Å². The molecule has 0 bridgehead atoms. The Kier molecular flexibility index (Phi) is 4.15. The molecule has 1 aromatic heterocycles. The zero-order chi connectivity index (χ0) is 17.3. The van der Waals surface area contributed by atoms with E-state index < -0.39 is 10.0 Å². The van der Waals surface area contributed by atoms with Gasteiger partial charge in [0.05, 0.1) is 4.90 Å². The summed E-state index contributed by atoms with van der Waals surface area (Å²) in [6, 6.07) is 17.0. The number of nitrogens with zero attached hydrogens (tertiary/aromatic N) is 3. The summed E-state index contributed by atoms with van der Waals surface area (Å²) in [4.78, 5) is 6.58. The Bertz CT molecular complexity index is 982. The first kappa shape index (κ1) is 16.1. The van der Waals surface area contributed by atoms with Gasteiger partial charge in [0.1, 0.15) is 0 Å². The Morgan fingerprint density at radius 1 is 0.800 bits per heavy atom. The van der Waals surface area contributed by atoms with E-state index in [1.807, 2.05) is 42.5 Å². The monoisotopic (exact) mass is 353 g/mol. The summed E-state index contributed by atoms with van der Waals surface area (Å²) in [5.74, 6) is 0. The van der Waals surface area contributed by atoms with E-state index in [1.54, 1.807) is 28.8 Å². The number of rotatable bonds is 3. The van der Waals surface area contributed by atoms with Crippen molar-refractivity contribution in [2.75, 3.05) is 31.1 Å². The molecule has 1 fully saturated rings. The van der Waals surface area contributed by atoms with Crippen LogP contribution >= 0.6 is 0 Å². The van der Waals surface area contributed by atoms with E-state index in [2.05, 4.69) is 9.88 Å². The molecule has 0 spiro atoms. The third kappa shape index (κ3) is 3.10. The third-order valence-corrected chi connectivity index (χ3v) is 6.52. The third-order valence-electron chi connectivity index (χ3n) is 4.63. The highest BCUT2D eigenvalue weighted by atomic mass is 32.2. The van der Waals surface area contributed by atoms with Gasteiger partial charge in [-0.1, -0.05) is 30.3 Å². The van der Waals surface area contributed by atoms with Gasteiger partial charge >= 0.3 is 0 Å². The number of hydrogen-bond donors (Lipinski definition) is 0. The lowest BCUT2D eigenvalue weighted by molar-refractivity contribution is 0.385. The van der Waals surface area contributed by atoms with E-state index in [1.165, 1.54) is 0 Å². The van der Waals surface area contributed by atoms with Gasteiger partial charge in [-0.2, -0.15) is 4.31 Å². The number of anilines is 1. The van der Waals surface area contributed by atoms with Crippen LogP contribution in [0.25, 0.3) is 10.8 Å². The molecule has 0 amide bonds. The van der Waals surface area contributed by atoms with Crippen LogP contribution < -0.4 is 4.90 Å². The number of pyridine rings is 1. The first-order chi connectivity index (χ1) is 12.1. The van der Waals surface area contributed by atoms with Crippen LogP contribution in [0.4, 0.5) is 5.69 Å². The van der Waals surface area contributed by atoms with Gasteiger partial charge in [-0.15, -0.1) is 0 Å². The van der Waals surface area contributed by atoms with Gasteiger partial charge in [0, 0.05) is 44.3 Å². The molecule has 25 heavy (non-hydrogen) atoms. The first-order valence-corrected chi connectivity index (χ1v) is 9.72. The second-order valence-corrected chi connectivity index (χ2v) is 8.04. The van der Waals surface area contributed by atoms with Crippen molar-refractivity contribution in [1.82, 2.24) is 9.29 Å². The van der Waals surface area contributed by atoms with Gasteiger partial charge in [0.15, 0.2) is 0 Å². The number of sulfonamides is 1. The molecule has 1 saturated heterocycles. The summed E-state index contributed by atoms with van der Waals surface area (Å²) in [5, 5.41) is 1.99. The van der Waals surface area contributed by atoms with E-state index >= 15 is 0 Å². The molecule has 3 aromatic rings. The highest BCUT2D eigenvalue weighted by Gasteiger charge is 2.28. The Morgan fingerprint density at radius 3 is 2.20 bits per heavy atom. The summed E-state index contributed by atoms with van der Waals surface area (Å²) >= 11 is 0. The van der Waals surface area contributed by atoms with Crippen molar-refractivity contribution in [3.63, 3.8) is 0 Å². The summed E-state index contributed by atoms with van der Waals surface area (Å²) in [6.45, 7) is 2.32. The standard InChI is InChI=1S/C19H19N3O2S/c23-25(24,19-6-5-16-3-1-2-4-17(16)15-19)22-13-11-21(12-14-22)18-7-9-20-10-8-18/h1-10,15H,11-14H2. The molecule has 5 nitrogen and oxygen atoms in total. The SMILES string of the molecule is O=S(=O)(c1ccc2ccccc2c1)N1CCN(c2ccncc2)CC1. The van der Waals surface area contributed by atoms with E-state index in [0.29, 0.717) is 31.1 Å². The minimum atomic E-state index is -3.46.